The summed E-state index contributed by atoms with van der Waals surface area (Å²) in [7, 11) is 0. The summed E-state index contributed by atoms with van der Waals surface area (Å²) in [6.07, 6.45) is 1.95. The van der Waals surface area contributed by atoms with Gasteiger partial charge in [0, 0.05) is 49.6 Å². The largest absolute Gasteiger partial charge is 0.309 e. The van der Waals surface area contributed by atoms with Gasteiger partial charge in [-0.15, -0.1) is 0 Å². The molecule has 0 N–H and O–H groups in total. The lowest BCUT2D eigenvalue weighted by molar-refractivity contribution is 1.10. The molecule has 12 rings (SSSR count). The molecule has 0 fully saturated rings. The monoisotopic (exact) mass is 676 g/mol. The molecule has 0 saturated heterocycles. The molecule has 0 unspecified atom stereocenters. The van der Waals surface area contributed by atoms with Gasteiger partial charge in [-0.3, -0.25) is 13.8 Å². The first kappa shape index (κ1) is 28.5. The fraction of sp³-hybridized carbons (Fsp3) is 0. The van der Waals surface area contributed by atoms with Crippen LogP contribution in [-0.2, 0) is 0 Å². The summed E-state index contributed by atoms with van der Waals surface area (Å²) < 4.78 is 6.53. The molecule has 246 valence electrons. The van der Waals surface area contributed by atoms with Crippen LogP contribution < -0.4 is 5.56 Å². The number of benzene rings is 7. The van der Waals surface area contributed by atoms with Gasteiger partial charge in [0.1, 0.15) is 5.82 Å². The second kappa shape index (κ2) is 10.4. The maximum atomic E-state index is 14.1. The van der Waals surface area contributed by atoms with E-state index < -0.39 is 0 Å². The number of hydrogen-bond donors (Lipinski definition) is 0. The predicted molar refractivity (Wildman–Crippen MR) is 219 cm³/mol. The third-order valence-corrected chi connectivity index (χ3v) is 11.2. The zero-order valence-corrected chi connectivity index (χ0v) is 28.4. The predicted octanol–water partition coefficient (Wildman–Crippen LogP) is 11.5. The Balaban J connectivity index is 1.12. The third-order valence-electron chi connectivity index (χ3n) is 11.2. The molecule has 0 aliphatic rings. The van der Waals surface area contributed by atoms with Gasteiger partial charge in [-0.2, -0.15) is 0 Å². The van der Waals surface area contributed by atoms with Crippen molar-refractivity contribution < 1.29 is 0 Å². The maximum Gasteiger partial charge on any atom is 0.263 e. The van der Waals surface area contributed by atoms with Gasteiger partial charge >= 0.3 is 0 Å². The quantitative estimate of drug-likeness (QED) is 0.175. The minimum atomic E-state index is -0.00725. The molecule has 53 heavy (non-hydrogen) atoms. The van der Waals surface area contributed by atoms with E-state index in [2.05, 4.69) is 130 Å². The second-order valence-electron chi connectivity index (χ2n) is 13.9. The van der Waals surface area contributed by atoms with Crippen molar-refractivity contribution in [3.05, 3.63) is 180 Å². The zero-order valence-electron chi connectivity index (χ0n) is 28.4. The third kappa shape index (κ3) is 3.75. The SMILES string of the molecule is O=c1c2ccccc2c2cnc(-n3c4ccccc4c4cc(-c5ccc6c(c5)c5ccccc5n6-c5ccccc5)ccc43)c3c4ccccc4n1c23. The van der Waals surface area contributed by atoms with E-state index in [-0.39, 0.29) is 5.56 Å². The van der Waals surface area contributed by atoms with E-state index in [0.29, 0.717) is 5.39 Å². The van der Waals surface area contributed by atoms with Gasteiger partial charge in [0.2, 0.25) is 0 Å². The first-order valence-corrected chi connectivity index (χ1v) is 17.9. The van der Waals surface area contributed by atoms with Gasteiger partial charge in [0.25, 0.3) is 5.56 Å². The average Bonchev–Trinajstić information content (AvgIpc) is 3.86. The van der Waals surface area contributed by atoms with Crippen LogP contribution >= 0.6 is 0 Å². The lowest BCUT2D eigenvalue weighted by Gasteiger charge is -2.12. The van der Waals surface area contributed by atoms with Crippen LogP contribution in [0, 0.1) is 0 Å². The first-order valence-electron chi connectivity index (χ1n) is 17.9. The van der Waals surface area contributed by atoms with E-state index in [1.165, 1.54) is 27.4 Å². The van der Waals surface area contributed by atoms with Crippen molar-refractivity contribution in [3.8, 4) is 22.6 Å². The first-order chi connectivity index (χ1) is 26.2. The van der Waals surface area contributed by atoms with Crippen molar-refractivity contribution in [3.63, 3.8) is 0 Å². The summed E-state index contributed by atoms with van der Waals surface area (Å²) in [5.41, 5.74) is 9.79. The highest BCUT2D eigenvalue weighted by Gasteiger charge is 2.23. The number of pyridine rings is 2. The Morgan fingerprint density at radius 1 is 0.396 bits per heavy atom. The Bertz CT molecular complexity index is 3530. The standard InChI is InChI=1S/C48H28N4O/c53-48-35-17-5-4-14-32(35)39-28-49-47(45-36-18-8-11-21-42(36)52(48)46(39)45)51-41-20-10-7-16-34(41)38-27-30(23-25-44(38)51)29-22-24-43-37(26-29)33-15-6-9-19-40(33)50(43)31-12-2-1-3-13-31/h1-28H. The minimum Gasteiger partial charge on any atom is -0.309 e. The molecule has 0 amide bonds. The number of aromatic nitrogens is 4. The Morgan fingerprint density at radius 3 is 1.58 bits per heavy atom. The normalized spacial score (nSPS) is 12.2. The van der Waals surface area contributed by atoms with Gasteiger partial charge in [-0.05, 0) is 77.2 Å². The second-order valence-corrected chi connectivity index (χ2v) is 13.9. The number of para-hydroxylation sites is 4. The zero-order chi connectivity index (χ0) is 34.8. The highest BCUT2D eigenvalue weighted by molar-refractivity contribution is 6.23. The average molecular weight is 677 g/mol. The lowest BCUT2D eigenvalue weighted by atomic mass is 10.0. The van der Waals surface area contributed by atoms with Crippen LogP contribution in [-0.4, -0.2) is 18.5 Å². The molecule has 0 aliphatic carbocycles. The fourth-order valence-electron chi connectivity index (χ4n) is 8.96. The molecule has 0 saturated carbocycles. The Hall–Kier alpha value is -7.24. The molecule has 12 aromatic rings. The van der Waals surface area contributed by atoms with Crippen molar-refractivity contribution in [2.75, 3.05) is 0 Å². The summed E-state index contributed by atoms with van der Waals surface area (Å²) in [5, 5.41) is 9.36. The summed E-state index contributed by atoms with van der Waals surface area (Å²) in [4.78, 5) is 19.4. The van der Waals surface area contributed by atoms with E-state index in [4.69, 9.17) is 4.98 Å². The van der Waals surface area contributed by atoms with Crippen molar-refractivity contribution in [2.45, 2.75) is 0 Å². The molecule has 0 spiro atoms. The van der Waals surface area contributed by atoms with Gasteiger partial charge < -0.3 is 4.57 Å². The molecular formula is C48H28N4O. The van der Waals surface area contributed by atoms with Crippen LogP contribution in [0.3, 0.4) is 0 Å². The Morgan fingerprint density at radius 2 is 0.906 bits per heavy atom. The maximum absolute atomic E-state index is 14.1. The summed E-state index contributed by atoms with van der Waals surface area (Å²) in [6, 6.07) is 57.5. The highest BCUT2D eigenvalue weighted by atomic mass is 16.1. The van der Waals surface area contributed by atoms with Crippen LogP contribution in [0.4, 0.5) is 0 Å². The molecular weight excluding hydrogens is 649 g/mol. The molecule has 0 radical (unpaired) electrons. The molecule has 0 bridgehead atoms. The number of hydrogen-bond acceptors (Lipinski definition) is 2. The molecule has 0 atom stereocenters. The minimum absolute atomic E-state index is 0.00725. The number of fused-ring (bicyclic) bond motifs is 11. The molecule has 5 aromatic heterocycles. The van der Waals surface area contributed by atoms with Gasteiger partial charge in [-0.1, -0.05) is 103 Å². The van der Waals surface area contributed by atoms with Gasteiger partial charge in [0.15, 0.2) is 0 Å². The van der Waals surface area contributed by atoms with Crippen LogP contribution in [0.1, 0.15) is 0 Å². The van der Waals surface area contributed by atoms with Crippen LogP contribution in [0.2, 0.25) is 0 Å². The lowest BCUT2D eigenvalue weighted by Crippen LogP contribution is -2.13. The van der Waals surface area contributed by atoms with Crippen LogP contribution in [0.5, 0.6) is 0 Å². The van der Waals surface area contributed by atoms with Gasteiger partial charge in [-0.25, -0.2) is 4.98 Å². The molecule has 7 aromatic carbocycles. The van der Waals surface area contributed by atoms with E-state index in [0.717, 1.165) is 71.5 Å². The fourth-order valence-corrected chi connectivity index (χ4v) is 8.96. The highest BCUT2D eigenvalue weighted by Crippen LogP contribution is 2.42. The van der Waals surface area contributed by atoms with Crippen molar-refractivity contribution >= 4 is 81.6 Å². The van der Waals surface area contributed by atoms with Crippen molar-refractivity contribution in [1.82, 2.24) is 18.5 Å². The van der Waals surface area contributed by atoms with E-state index in [1.54, 1.807) is 0 Å². The Labute approximate surface area is 302 Å². The van der Waals surface area contributed by atoms with Crippen molar-refractivity contribution in [1.29, 1.82) is 0 Å². The number of nitrogens with zero attached hydrogens (tertiary/aromatic N) is 4. The topological polar surface area (TPSA) is 44.2 Å². The Kier molecular flexibility index (Phi) is 5.59. The molecule has 5 heteroatoms. The number of rotatable bonds is 3. The molecule has 0 aliphatic heterocycles. The summed E-state index contributed by atoms with van der Waals surface area (Å²) in [5.74, 6) is 0.819. The summed E-state index contributed by atoms with van der Waals surface area (Å²) in [6.45, 7) is 0. The smallest absolute Gasteiger partial charge is 0.263 e. The van der Waals surface area contributed by atoms with Crippen LogP contribution in [0.15, 0.2) is 175 Å². The molecule has 5 nitrogen and oxygen atoms in total. The molecule has 5 heterocycles. The van der Waals surface area contributed by atoms with E-state index in [9.17, 15) is 4.79 Å². The summed E-state index contributed by atoms with van der Waals surface area (Å²) >= 11 is 0. The van der Waals surface area contributed by atoms with E-state index in [1.807, 2.05) is 53.1 Å². The van der Waals surface area contributed by atoms with E-state index >= 15 is 0 Å². The van der Waals surface area contributed by atoms with Crippen molar-refractivity contribution in [2.24, 2.45) is 0 Å². The van der Waals surface area contributed by atoms with Crippen LogP contribution in [0.25, 0.3) is 104 Å². The van der Waals surface area contributed by atoms with Gasteiger partial charge in [0.05, 0.1) is 38.5 Å².